The van der Waals surface area contributed by atoms with Gasteiger partial charge in [-0.05, 0) is 11.6 Å². The fourth-order valence-corrected chi connectivity index (χ4v) is 5.28. The number of halogens is 1. The molecule has 2 N–H and O–H groups in total. The van der Waals surface area contributed by atoms with Crippen molar-refractivity contribution >= 4 is 43.6 Å². The van der Waals surface area contributed by atoms with E-state index in [1.54, 1.807) is 11.6 Å². The number of aromatic nitrogens is 2. The van der Waals surface area contributed by atoms with Gasteiger partial charge < -0.3 is 5.32 Å². The maximum absolute atomic E-state index is 12.7. The van der Waals surface area contributed by atoms with Gasteiger partial charge in [0.05, 0.1) is 6.04 Å². The number of hydrogen-bond acceptors (Lipinski definition) is 5. The second kappa shape index (κ2) is 4.95. The molecule has 0 amide bonds. The molecule has 3 heterocycles. The number of fused-ring (bicyclic) bond motifs is 2. The number of thiazole rings is 1. The molecule has 1 aliphatic rings. The molecule has 3 aromatic rings. The van der Waals surface area contributed by atoms with Crippen molar-refractivity contribution in [2.45, 2.75) is 11.1 Å². The number of imidazole rings is 1. The van der Waals surface area contributed by atoms with Gasteiger partial charge in [0.25, 0.3) is 10.0 Å². The number of para-hydroxylation sites is 1. The summed E-state index contributed by atoms with van der Waals surface area (Å²) >= 11 is 7.35. The summed E-state index contributed by atoms with van der Waals surface area (Å²) in [6.07, 6.45) is 1.65. The number of anilines is 1. The van der Waals surface area contributed by atoms with Gasteiger partial charge in [0.15, 0.2) is 15.1 Å². The fourth-order valence-electron chi connectivity index (χ4n) is 2.61. The molecular weight excluding hydrogens is 344 g/mol. The quantitative estimate of drug-likeness (QED) is 0.757. The Morgan fingerprint density at radius 1 is 1.41 bits per heavy atom. The van der Waals surface area contributed by atoms with Crippen molar-refractivity contribution in [2.24, 2.45) is 0 Å². The van der Waals surface area contributed by atoms with Crippen LogP contribution in [0.5, 0.6) is 0 Å². The molecule has 114 valence electrons. The van der Waals surface area contributed by atoms with Crippen molar-refractivity contribution < 1.29 is 8.42 Å². The smallest absolute Gasteiger partial charge is 0.260 e. The van der Waals surface area contributed by atoms with Crippen LogP contribution in [0.15, 0.2) is 40.9 Å². The standard InChI is InChI=1S/C13H11ClN4O2S2/c14-11-12(18-5-6-21-13(18)16-11)22(19,20)17-10-7-15-9-4-2-1-3-8(9)10/h1-6,10,15,17H,7H2. The minimum absolute atomic E-state index is 0.0152. The van der Waals surface area contributed by atoms with Crippen LogP contribution >= 0.6 is 22.9 Å². The molecule has 9 heteroatoms. The third kappa shape index (κ3) is 2.11. The highest BCUT2D eigenvalue weighted by Gasteiger charge is 2.31. The van der Waals surface area contributed by atoms with Crippen LogP contribution < -0.4 is 10.0 Å². The lowest BCUT2D eigenvalue weighted by atomic mass is 10.1. The molecular formula is C13H11ClN4O2S2. The van der Waals surface area contributed by atoms with E-state index >= 15 is 0 Å². The van der Waals surface area contributed by atoms with Crippen LogP contribution in [0.1, 0.15) is 11.6 Å². The third-order valence-electron chi connectivity index (χ3n) is 3.56. The molecule has 1 aromatic carbocycles. The van der Waals surface area contributed by atoms with Crippen LogP contribution in [-0.4, -0.2) is 24.3 Å². The van der Waals surface area contributed by atoms with E-state index in [-0.39, 0.29) is 16.2 Å². The topological polar surface area (TPSA) is 75.5 Å². The second-order valence-corrected chi connectivity index (χ2v) is 7.77. The molecule has 4 rings (SSSR count). The molecule has 0 saturated carbocycles. The Morgan fingerprint density at radius 2 is 2.23 bits per heavy atom. The van der Waals surface area contributed by atoms with Crippen LogP contribution in [0.25, 0.3) is 4.96 Å². The summed E-state index contributed by atoms with van der Waals surface area (Å²) in [6.45, 7) is 0.502. The molecule has 22 heavy (non-hydrogen) atoms. The average Bonchev–Trinajstić information content (AvgIpc) is 3.13. The monoisotopic (exact) mass is 354 g/mol. The van der Waals surface area contributed by atoms with Gasteiger partial charge in [0.1, 0.15) is 0 Å². The van der Waals surface area contributed by atoms with Gasteiger partial charge in [-0.2, -0.15) is 0 Å². The predicted octanol–water partition coefficient (Wildman–Crippen LogP) is 2.49. The summed E-state index contributed by atoms with van der Waals surface area (Å²) < 4.78 is 29.6. The zero-order valence-corrected chi connectivity index (χ0v) is 13.5. The van der Waals surface area contributed by atoms with E-state index in [4.69, 9.17) is 11.6 Å². The third-order valence-corrected chi connectivity index (χ3v) is 6.19. The number of rotatable bonds is 3. The van der Waals surface area contributed by atoms with E-state index in [1.165, 1.54) is 15.7 Å². The molecule has 0 fully saturated rings. The number of benzene rings is 1. The van der Waals surface area contributed by atoms with Crippen molar-refractivity contribution in [3.63, 3.8) is 0 Å². The maximum atomic E-state index is 12.7. The molecule has 1 atom stereocenters. The zero-order valence-electron chi connectivity index (χ0n) is 11.2. The minimum Gasteiger partial charge on any atom is -0.383 e. The van der Waals surface area contributed by atoms with Crippen molar-refractivity contribution in [3.8, 4) is 0 Å². The first-order valence-electron chi connectivity index (χ1n) is 6.52. The molecule has 0 radical (unpaired) electrons. The van der Waals surface area contributed by atoms with Crippen molar-refractivity contribution in [1.82, 2.24) is 14.1 Å². The first kappa shape index (κ1) is 14.0. The molecule has 1 aliphatic heterocycles. The van der Waals surface area contributed by atoms with E-state index in [0.29, 0.717) is 11.5 Å². The van der Waals surface area contributed by atoms with Gasteiger partial charge in [-0.1, -0.05) is 29.8 Å². The SMILES string of the molecule is O=S(=O)(NC1CNc2ccccc21)c1c(Cl)nc2sccn12. The summed E-state index contributed by atoms with van der Waals surface area (Å²) in [6, 6.07) is 7.29. The van der Waals surface area contributed by atoms with Gasteiger partial charge in [0, 0.05) is 23.8 Å². The van der Waals surface area contributed by atoms with Gasteiger partial charge >= 0.3 is 0 Å². The summed E-state index contributed by atoms with van der Waals surface area (Å²) in [5.41, 5.74) is 1.86. The second-order valence-electron chi connectivity index (χ2n) is 4.91. The lowest BCUT2D eigenvalue weighted by molar-refractivity contribution is 0.562. The van der Waals surface area contributed by atoms with Crippen molar-refractivity contribution in [1.29, 1.82) is 0 Å². The summed E-state index contributed by atoms with van der Waals surface area (Å²) in [5, 5.41) is 4.92. The first-order chi connectivity index (χ1) is 10.6. The summed E-state index contributed by atoms with van der Waals surface area (Å²) in [4.78, 5) is 4.62. The van der Waals surface area contributed by atoms with E-state index in [0.717, 1.165) is 11.3 Å². The van der Waals surface area contributed by atoms with Crippen LogP contribution in [0.3, 0.4) is 0 Å². The Hall–Kier alpha value is -1.61. The van der Waals surface area contributed by atoms with E-state index in [9.17, 15) is 8.42 Å². The Bertz CT molecular complexity index is 963. The van der Waals surface area contributed by atoms with Crippen LogP contribution in [0.2, 0.25) is 5.15 Å². The highest BCUT2D eigenvalue weighted by molar-refractivity contribution is 7.89. The van der Waals surface area contributed by atoms with E-state index in [2.05, 4.69) is 15.0 Å². The van der Waals surface area contributed by atoms with Gasteiger partial charge in [-0.25, -0.2) is 18.1 Å². The molecule has 0 aliphatic carbocycles. The maximum Gasteiger partial charge on any atom is 0.260 e. The zero-order chi connectivity index (χ0) is 15.3. The predicted molar refractivity (Wildman–Crippen MR) is 86.1 cm³/mol. The first-order valence-corrected chi connectivity index (χ1v) is 9.26. The van der Waals surface area contributed by atoms with Crippen LogP contribution in [0.4, 0.5) is 5.69 Å². The molecule has 0 spiro atoms. The normalized spacial score (nSPS) is 17.6. The average molecular weight is 355 g/mol. The highest BCUT2D eigenvalue weighted by atomic mass is 35.5. The number of nitrogens with one attached hydrogen (secondary N) is 2. The van der Waals surface area contributed by atoms with Gasteiger partial charge in [0.2, 0.25) is 0 Å². The van der Waals surface area contributed by atoms with Gasteiger partial charge in [-0.3, -0.25) is 4.40 Å². The van der Waals surface area contributed by atoms with Crippen molar-refractivity contribution in [2.75, 3.05) is 11.9 Å². The largest absolute Gasteiger partial charge is 0.383 e. The Balaban J connectivity index is 1.74. The number of hydrogen-bond donors (Lipinski definition) is 2. The lowest BCUT2D eigenvalue weighted by Gasteiger charge is -2.13. The Kier molecular flexibility index (Phi) is 3.15. The lowest BCUT2D eigenvalue weighted by Crippen LogP contribution is -2.30. The minimum atomic E-state index is -3.79. The molecule has 0 saturated heterocycles. The van der Waals surface area contributed by atoms with Crippen LogP contribution in [-0.2, 0) is 10.0 Å². The Labute approximate surface area is 135 Å². The summed E-state index contributed by atoms with van der Waals surface area (Å²) in [7, 11) is -3.79. The molecule has 2 aromatic heterocycles. The fraction of sp³-hybridized carbons (Fsp3) is 0.154. The van der Waals surface area contributed by atoms with Crippen molar-refractivity contribution in [3.05, 3.63) is 46.6 Å². The highest BCUT2D eigenvalue weighted by Crippen LogP contribution is 2.32. The number of sulfonamides is 1. The number of nitrogens with zero attached hydrogens (tertiary/aromatic N) is 2. The summed E-state index contributed by atoms with van der Waals surface area (Å²) in [5.74, 6) is 0. The molecule has 6 nitrogen and oxygen atoms in total. The van der Waals surface area contributed by atoms with E-state index in [1.807, 2.05) is 24.3 Å². The van der Waals surface area contributed by atoms with Crippen LogP contribution in [0, 0.1) is 0 Å². The van der Waals surface area contributed by atoms with E-state index < -0.39 is 10.0 Å². The molecule has 0 bridgehead atoms. The van der Waals surface area contributed by atoms with Gasteiger partial charge in [-0.15, -0.1) is 11.3 Å². The Morgan fingerprint density at radius 3 is 3.09 bits per heavy atom. The molecule has 1 unspecified atom stereocenters.